The Morgan fingerprint density at radius 2 is 1.93 bits per heavy atom. The summed E-state index contributed by atoms with van der Waals surface area (Å²) in [6.07, 6.45) is 0.106. The second-order valence-electron chi connectivity index (χ2n) is 7.60. The number of aliphatic hydroxyl groups is 1. The monoisotopic (exact) mass is 405 g/mol. The number of hydrogen-bond acceptors (Lipinski definition) is 7. The average molecular weight is 405 g/mol. The van der Waals surface area contributed by atoms with Gasteiger partial charge in [-0.15, -0.1) is 0 Å². The number of likely N-dealkylation sites (tertiary alicyclic amines) is 1. The Kier molecular flexibility index (Phi) is 4.72. The van der Waals surface area contributed by atoms with Crippen LogP contribution in [0.15, 0.2) is 53.1 Å². The minimum Gasteiger partial charge on any atom is -0.497 e. The molecule has 0 amide bonds. The number of hydrogen-bond donors (Lipinski definition) is 1. The zero-order valence-corrected chi connectivity index (χ0v) is 16.9. The third-order valence-electron chi connectivity index (χ3n) is 5.68. The molecule has 1 saturated heterocycles. The summed E-state index contributed by atoms with van der Waals surface area (Å²) < 4.78 is 12.9. The lowest BCUT2D eigenvalue weighted by atomic mass is 10.2. The Labute approximate surface area is 173 Å². The highest BCUT2D eigenvalue weighted by molar-refractivity contribution is 5.75. The molecular weight excluding hydrogens is 382 g/mol. The van der Waals surface area contributed by atoms with E-state index >= 15 is 0 Å². The molecule has 4 aromatic rings. The number of benzene rings is 2. The van der Waals surface area contributed by atoms with Crippen LogP contribution in [0.4, 0.5) is 0 Å². The maximum Gasteiger partial charge on any atom is 0.244 e. The summed E-state index contributed by atoms with van der Waals surface area (Å²) in [4.78, 5) is 11.5. The van der Waals surface area contributed by atoms with Crippen molar-refractivity contribution in [2.75, 3.05) is 13.7 Å². The number of rotatable bonds is 5. The molecule has 1 aliphatic rings. The quantitative estimate of drug-likeness (QED) is 0.546. The van der Waals surface area contributed by atoms with Gasteiger partial charge in [-0.1, -0.05) is 17.3 Å². The van der Waals surface area contributed by atoms with Gasteiger partial charge in [-0.25, -0.2) is 4.98 Å². The standard InChI is InChI=1S/C22H23N5O3/c1-26-18-6-4-3-5-17(18)23-20(26)13-27-12-15(28)11-19(27)22-24-21(25-30-22)14-7-9-16(29-2)10-8-14/h3-10,15,19,28H,11-13H2,1-2H3. The first kappa shape index (κ1) is 18.8. The molecule has 0 aliphatic carbocycles. The molecule has 3 heterocycles. The molecule has 2 unspecified atom stereocenters. The van der Waals surface area contributed by atoms with Gasteiger partial charge in [0.25, 0.3) is 0 Å². The van der Waals surface area contributed by atoms with Crippen LogP contribution in [0.3, 0.4) is 0 Å². The second kappa shape index (κ2) is 7.55. The van der Waals surface area contributed by atoms with Crippen LogP contribution < -0.4 is 4.74 Å². The smallest absolute Gasteiger partial charge is 0.244 e. The highest BCUT2D eigenvalue weighted by Crippen LogP contribution is 2.34. The molecule has 0 bridgehead atoms. The highest BCUT2D eigenvalue weighted by Gasteiger charge is 2.36. The Balaban J connectivity index is 1.40. The second-order valence-corrected chi connectivity index (χ2v) is 7.60. The molecule has 0 spiro atoms. The lowest BCUT2D eigenvalue weighted by Gasteiger charge is -2.20. The summed E-state index contributed by atoms with van der Waals surface area (Å²) in [6, 6.07) is 15.4. The zero-order chi connectivity index (χ0) is 20.7. The van der Waals surface area contributed by atoms with Gasteiger partial charge >= 0.3 is 0 Å². The number of aryl methyl sites for hydroxylation is 1. The summed E-state index contributed by atoms with van der Waals surface area (Å²) in [7, 11) is 3.65. The average Bonchev–Trinajstić information content (AvgIpc) is 3.47. The number of ether oxygens (including phenoxy) is 1. The highest BCUT2D eigenvalue weighted by atomic mass is 16.5. The van der Waals surface area contributed by atoms with E-state index in [1.54, 1.807) is 7.11 Å². The van der Waals surface area contributed by atoms with Crippen LogP contribution in [0.25, 0.3) is 22.4 Å². The Morgan fingerprint density at radius 3 is 2.70 bits per heavy atom. The lowest BCUT2D eigenvalue weighted by molar-refractivity contribution is 0.167. The topological polar surface area (TPSA) is 89.4 Å². The number of β-amino-alcohol motifs (C(OH)–C–C–N with tert-alkyl or cyclic N) is 1. The molecule has 1 N–H and O–H groups in total. The molecule has 5 rings (SSSR count). The summed E-state index contributed by atoms with van der Waals surface area (Å²) >= 11 is 0. The van der Waals surface area contributed by atoms with E-state index in [1.165, 1.54) is 0 Å². The number of fused-ring (bicyclic) bond motifs is 1. The Morgan fingerprint density at radius 1 is 1.13 bits per heavy atom. The molecule has 0 radical (unpaired) electrons. The number of nitrogens with zero attached hydrogens (tertiary/aromatic N) is 5. The van der Waals surface area contributed by atoms with Crippen molar-refractivity contribution in [3.05, 3.63) is 60.2 Å². The van der Waals surface area contributed by atoms with Crippen LogP contribution >= 0.6 is 0 Å². The van der Waals surface area contributed by atoms with Gasteiger partial charge < -0.3 is 18.9 Å². The fraction of sp³-hybridized carbons (Fsp3) is 0.318. The van der Waals surface area contributed by atoms with Gasteiger partial charge in [-0.2, -0.15) is 4.98 Å². The fourth-order valence-electron chi connectivity index (χ4n) is 4.06. The van der Waals surface area contributed by atoms with E-state index in [2.05, 4.69) is 25.7 Å². The van der Waals surface area contributed by atoms with Crippen molar-refractivity contribution in [2.24, 2.45) is 7.05 Å². The van der Waals surface area contributed by atoms with Gasteiger partial charge in [0.2, 0.25) is 11.7 Å². The Hall–Kier alpha value is -3.23. The van der Waals surface area contributed by atoms with Crippen molar-refractivity contribution in [1.82, 2.24) is 24.6 Å². The van der Waals surface area contributed by atoms with Gasteiger partial charge in [-0.3, -0.25) is 4.90 Å². The van der Waals surface area contributed by atoms with Gasteiger partial charge in [0.05, 0.1) is 36.8 Å². The van der Waals surface area contributed by atoms with E-state index < -0.39 is 6.10 Å². The van der Waals surface area contributed by atoms with Gasteiger partial charge in [-0.05, 0) is 42.8 Å². The van der Waals surface area contributed by atoms with Crippen molar-refractivity contribution in [1.29, 1.82) is 0 Å². The summed E-state index contributed by atoms with van der Waals surface area (Å²) in [5.41, 5.74) is 2.90. The van der Waals surface area contributed by atoms with Crippen LogP contribution in [0, 0.1) is 0 Å². The minimum atomic E-state index is -0.443. The van der Waals surface area contributed by atoms with Gasteiger partial charge in [0.1, 0.15) is 11.6 Å². The molecule has 1 aliphatic heterocycles. The lowest BCUT2D eigenvalue weighted by Crippen LogP contribution is -2.26. The first-order chi connectivity index (χ1) is 14.6. The largest absolute Gasteiger partial charge is 0.497 e. The number of para-hydroxylation sites is 2. The van der Waals surface area contributed by atoms with Crippen molar-refractivity contribution >= 4 is 11.0 Å². The molecule has 2 aromatic heterocycles. The van der Waals surface area contributed by atoms with Gasteiger partial charge in [0, 0.05) is 19.2 Å². The van der Waals surface area contributed by atoms with E-state index in [4.69, 9.17) is 14.2 Å². The summed E-state index contributed by atoms with van der Waals surface area (Å²) in [6.45, 7) is 1.13. The first-order valence-electron chi connectivity index (χ1n) is 9.93. The summed E-state index contributed by atoms with van der Waals surface area (Å²) in [5, 5.41) is 14.5. The van der Waals surface area contributed by atoms with Crippen molar-refractivity contribution in [3.63, 3.8) is 0 Å². The molecule has 1 fully saturated rings. The van der Waals surface area contributed by atoms with Crippen LogP contribution in [0.5, 0.6) is 5.75 Å². The van der Waals surface area contributed by atoms with E-state index in [0.29, 0.717) is 31.2 Å². The molecule has 2 aromatic carbocycles. The predicted molar refractivity (Wildman–Crippen MR) is 111 cm³/mol. The number of imidazole rings is 1. The Bertz CT molecular complexity index is 1170. The predicted octanol–water partition coefficient (Wildman–Crippen LogP) is 2.94. The molecule has 30 heavy (non-hydrogen) atoms. The van der Waals surface area contributed by atoms with Gasteiger partial charge in [0.15, 0.2) is 0 Å². The third-order valence-corrected chi connectivity index (χ3v) is 5.68. The van der Waals surface area contributed by atoms with E-state index in [1.807, 2.05) is 49.5 Å². The minimum absolute atomic E-state index is 0.153. The number of aromatic nitrogens is 4. The third kappa shape index (κ3) is 3.34. The molecule has 2 atom stereocenters. The fourth-order valence-corrected chi connectivity index (χ4v) is 4.06. The SMILES string of the molecule is COc1ccc(-c2noc(C3CC(O)CN3Cc3nc4ccccc4n3C)n2)cc1. The van der Waals surface area contributed by atoms with Crippen LogP contribution in [-0.4, -0.2) is 49.5 Å². The zero-order valence-electron chi connectivity index (χ0n) is 16.9. The number of aliphatic hydroxyl groups excluding tert-OH is 1. The maximum absolute atomic E-state index is 10.3. The van der Waals surface area contributed by atoms with Crippen LogP contribution in [0.1, 0.15) is 24.2 Å². The molecule has 8 nitrogen and oxygen atoms in total. The van der Waals surface area contributed by atoms with Crippen molar-refractivity contribution in [2.45, 2.75) is 25.1 Å². The van der Waals surface area contributed by atoms with Crippen molar-refractivity contribution in [3.8, 4) is 17.1 Å². The van der Waals surface area contributed by atoms with Crippen molar-refractivity contribution < 1.29 is 14.4 Å². The molecule has 154 valence electrons. The van der Waals surface area contributed by atoms with E-state index in [-0.39, 0.29) is 6.04 Å². The molecule has 8 heteroatoms. The summed E-state index contributed by atoms with van der Waals surface area (Å²) in [5.74, 6) is 2.74. The van der Waals surface area contributed by atoms with Crippen LogP contribution in [-0.2, 0) is 13.6 Å². The first-order valence-corrected chi connectivity index (χ1v) is 9.93. The number of methoxy groups -OCH3 is 1. The van der Waals surface area contributed by atoms with E-state index in [9.17, 15) is 5.11 Å². The molecular formula is C22H23N5O3. The van der Waals surface area contributed by atoms with Crippen LogP contribution in [0.2, 0.25) is 0 Å². The normalized spacial score (nSPS) is 19.6. The van der Waals surface area contributed by atoms with E-state index in [0.717, 1.165) is 28.2 Å². The maximum atomic E-state index is 10.3. The molecule has 0 saturated carbocycles.